The molecular weight excluding hydrogens is 871 g/mol. The van der Waals surface area contributed by atoms with E-state index in [-0.39, 0.29) is 0 Å². The zero-order chi connectivity index (χ0) is 80.2. The molecule has 0 aliphatic heterocycles. The van der Waals surface area contributed by atoms with Gasteiger partial charge in [-0.15, -0.1) is 0 Å². The Labute approximate surface area is 471 Å². The van der Waals surface area contributed by atoms with Crippen molar-refractivity contribution in [1.29, 1.82) is 0 Å². The van der Waals surface area contributed by atoms with Crippen molar-refractivity contribution in [3.05, 3.63) is 269 Å². The summed E-state index contributed by atoms with van der Waals surface area (Å²) in [7, 11) is 0. The van der Waals surface area contributed by atoms with E-state index in [9.17, 15) is 38.4 Å². The van der Waals surface area contributed by atoms with Crippen LogP contribution in [0.25, 0.3) is 98.8 Å². The number of hydrogen-bond donors (Lipinski definition) is 0. The summed E-state index contributed by atoms with van der Waals surface area (Å²) in [5.41, 5.74) is -21.7. The first-order valence-corrected chi connectivity index (χ1v) is 22.0. The molecule has 3 aliphatic carbocycles. The Hall–Kier alpha value is -8.98. The lowest BCUT2D eigenvalue weighted by Crippen LogP contribution is -2.26. The predicted molar refractivity (Wildman–Crippen MR) is 300 cm³/mol. The molecule has 2 atom stereocenters. The maximum atomic E-state index is 11.4. The number of benzene rings is 12. The molecule has 0 N–H and O–H groups in total. The maximum Gasteiger partial charge on any atom is 0.143 e. The average Bonchev–Trinajstić information content (AvgIpc) is 1.46. The van der Waals surface area contributed by atoms with Crippen LogP contribution in [-0.2, 0) is 10.8 Å². The van der Waals surface area contributed by atoms with Crippen molar-refractivity contribution >= 4 is 71.3 Å². The summed E-state index contributed by atoms with van der Waals surface area (Å²) < 4.78 is 374. The highest BCUT2D eigenvalue weighted by molar-refractivity contribution is 6.27. The number of furan rings is 1. The first kappa shape index (κ1) is 18.0. The number of nitrogens with zero attached hydrogens (tertiary/aromatic N) is 1. The molecule has 0 amide bonds. The fourth-order valence-corrected chi connectivity index (χ4v) is 10.7. The van der Waals surface area contributed by atoms with Crippen LogP contribution in [0.4, 0.5) is 17.1 Å². The molecule has 72 heavy (non-hydrogen) atoms. The Morgan fingerprint density at radius 3 is 1.72 bits per heavy atom. The van der Waals surface area contributed by atoms with E-state index in [2.05, 4.69) is 0 Å². The van der Waals surface area contributed by atoms with Gasteiger partial charge in [-0.2, -0.15) is 0 Å². The Bertz CT molecular complexity index is 6680. The highest BCUT2D eigenvalue weighted by atomic mass is 16.3. The van der Waals surface area contributed by atoms with Gasteiger partial charge in [0.15, 0.2) is 0 Å². The second kappa shape index (κ2) is 14.3. The van der Waals surface area contributed by atoms with Gasteiger partial charge in [0, 0.05) is 42.8 Å². The Morgan fingerprint density at radius 1 is 0.375 bits per heavy atom. The first-order valence-electron chi connectivity index (χ1n) is 41.4. The zero-order valence-corrected chi connectivity index (χ0v) is 36.4. The standard InChI is InChI=1S/C70H45NO/c1-69(2)60-29-12-7-25-51(60)58-38-42(35-37-61(58)69)71(43-34-36-52-50-24-10-15-32-64(50)70(65(52)39-43)62-30-13-8-22-48(62)49-23-9-14-31-63(49)70)66-41-57-47-21-6-4-19-45(47)44-18-3-5-20-46(44)56(57)40-59(66)55-28-17-27-54-53-26-11-16-33-67(53)72-68(54)55/h3-41H,1-2H3/i1D,2D2,3D,4D,5D,6D,7D,8D,11D,12D,13D,14D,15D,16D,17D,19D,20D,21D,22D,23D,24D,25D,26D,27D,29D,30D,31D,32D,33D,34D,35D,36D,37D,38D,39D,40D,41D. The molecule has 2 unspecified atom stereocenters. The minimum absolute atomic E-state index is 0.423. The summed E-state index contributed by atoms with van der Waals surface area (Å²) in [4.78, 5) is 0.423. The van der Waals surface area contributed by atoms with Gasteiger partial charge in [-0.3, -0.25) is 0 Å². The number of para-hydroxylation sites is 2. The lowest BCUT2D eigenvalue weighted by molar-refractivity contribution is 0.660. The number of hydrogen-bond acceptors (Lipinski definition) is 2. The molecule has 12 aromatic carbocycles. The topological polar surface area (TPSA) is 16.4 Å². The van der Waals surface area contributed by atoms with E-state index < -0.39 is 385 Å². The molecular formula is C70H45NO. The normalized spacial score (nSPS) is 24.3. The van der Waals surface area contributed by atoms with Crippen LogP contribution in [-0.4, -0.2) is 0 Å². The smallest absolute Gasteiger partial charge is 0.143 e. The molecule has 0 fully saturated rings. The van der Waals surface area contributed by atoms with E-state index >= 15 is 0 Å². The van der Waals surface area contributed by atoms with Crippen molar-refractivity contribution in [2.75, 3.05) is 4.90 Å². The lowest BCUT2D eigenvalue weighted by atomic mass is 9.70. The fraction of sp³-hybridized carbons (Fsp3) is 0.0571. The van der Waals surface area contributed by atoms with Gasteiger partial charge in [-0.1, -0.05) is 207 Å². The van der Waals surface area contributed by atoms with Crippen LogP contribution < -0.4 is 4.90 Å². The molecule has 16 rings (SSSR count). The van der Waals surface area contributed by atoms with E-state index in [0.29, 0.717) is 4.90 Å². The van der Waals surface area contributed by atoms with Crippen molar-refractivity contribution in [3.63, 3.8) is 0 Å². The SMILES string of the molecule is [2H]CC1(C([2H])[2H])c2c([2H])c([2H])c([2H])c([2H])c2-c2c([2H])c(N(c3c([2H])c([2H])c4c(c3[2H])C3(c5c([2H])c([2H])cc([2H])c5-c5c([2H])c([2H])c([2H])c([2H])c53)c3c([2H])c([2H])cc([2H])c3-4)c3c(-c4cc([2H])c([2H])c5c4oc4c([2H])c([2H])c([2H])c([2H])c45)c([2H])c4c5c([2H])c([2H])c([2H])cc5c5c([2H])c([2H])c([2H])c([2H])c5c4c3[2H])c([2H])c([2H])c21. The summed E-state index contributed by atoms with van der Waals surface area (Å²) in [6.45, 7) is -3.69. The second-order valence-corrected chi connectivity index (χ2v) is 17.3. The largest absolute Gasteiger partial charge is 0.455 e. The molecule has 1 aromatic heterocycles. The quantitative estimate of drug-likeness (QED) is 0.163. The zero-order valence-electron chi connectivity index (χ0n) is 74.4. The molecule has 2 nitrogen and oxygen atoms in total. The van der Waals surface area contributed by atoms with E-state index in [0.717, 1.165) is 24.3 Å². The second-order valence-electron chi connectivity index (χ2n) is 17.3. The molecule has 3 aliphatic rings. The van der Waals surface area contributed by atoms with Crippen molar-refractivity contribution < 1.29 is 56.5 Å². The first-order chi connectivity index (χ1) is 51.5. The number of rotatable bonds is 4. The predicted octanol–water partition coefficient (Wildman–Crippen LogP) is 18.8. The Balaban J connectivity index is 1.26. The van der Waals surface area contributed by atoms with Crippen LogP contribution in [0, 0.1) is 0 Å². The highest BCUT2D eigenvalue weighted by Gasteiger charge is 2.51. The summed E-state index contributed by atoms with van der Waals surface area (Å²) in [6.07, 6.45) is 0. The van der Waals surface area contributed by atoms with Gasteiger partial charge in [0.05, 0.1) is 59.1 Å². The number of fused-ring (bicyclic) bond motifs is 22. The van der Waals surface area contributed by atoms with Crippen LogP contribution in [0.1, 0.15) is 99.2 Å². The molecule has 336 valence electrons. The Kier molecular flexibility index (Phi) is 3.58. The third-order valence-electron chi connectivity index (χ3n) is 13.7. The maximum absolute atomic E-state index is 11.4. The monoisotopic (exact) mass is 954 g/mol. The highest BCUT2D eigenvalue weighted by Crippen LogP contribution is 2.64. The summed E-state index contributed by atoms with van der Waals surface area (Å²) in [6, 6.07) is -31.8. The molecule has 0 radical (unpaired) electrons. The summed E-state index contributed by atoms with van der Waals surface area (Å²) in [5, 5.41) is -5.24. The minimum atomic E-state index is -3.07. The van der Waals surface area contributed by atoms with Gasteiger partial charge in [0.25, 0.3) is 0 Å². The molecule has 0 bridgehead atoms. The van der Waals surface area contributed by atoms with E-state index in [1.54, 1.807) is 0 Å². The van der Waals surface area contributed by atoms with Crippen LogP contribution in [0.2, 0.25) is 0 Å². The molecule has 2 heteroatoms. The van der Waals surface area contributed by atoms with Crippen molar-refractivity contribution in [2.24, 2.45) is 0 Å². The van der Waals surface area contributed by atoms with Gasteiger partial charge in [-0.05, 0) is 141 Å². The molecule has 1 heterocycles. The van der Waals surface area contributed by atoms with Crippen LogP contribution in [0.3, 0.4) is 0 Å². The van der Waals surface area contributed by atoms with Gasteiger partial charge >= 0.3 is 0 Å². The molecule has 0 saturated carbocycles. The van der Waals surface area contributed by atoms with E-state index in [1.165, 1.54) is 0 Å². The van der Waals surface area contributed by atoms with Crippen molar-refractivity contribution in [2.45, 2.75) is 24.6 Å². The number of anilines is 3. The van der Waals surface area contributed by atoms with Gasteiger partial charge in [-0.25, -0.2) is 0 Å². The van der Waals surface area contributed by atoms with Crippen molar-refractivity contribution in [3.8, 4) is 44.5 Å². The summed E-state index contributed by atoms with van der Waals surface area (Å²) >= 11 is 0. The third-order valence-corrected chi connectivity index (χ3v) is 13.7. The van der Waals surface area contributed by atoms with E-state index in [4.69, 9.17) is 18.1 Å². The molecule has 0 saturated heterocycles. The lowest BCUT2D eigenvalue weighted by Gasteiger charge is -2.33. The molecule has 13 aromatic rings. The Morgan fingerprint density at radius 2 is 0.944 bits per heavy atom. The van der Waals surface area contributed by atoms with Gasteiger partial charge in [0.1, 0.15) is 11.2 Å². The average molecular weight is 954 g/mol. The van der Waals surface area contributed by atoms with Gasteiger partial charge in [0.2, 0.25) is 0 Å². The minimum Gasteiger partial charge on any atom is -0.455 e. The van der Waals surface area contributed by atoms with E-state index in [1.807, 2.05) is 0 Å². The third kappa shape index (κ3) is 5.08. The van der Waals surface area contributed by atoms with Gasteiger partial charge < -0.3 is 9.32 Å². The van der Waals surface area contributed by atoms with Crippen LogP contribution in [0.5, 0.6) is 0 Å². The fourth-order valence-electron chi connectivity index (χ4n) is 10.7. The van der Waals surface area contributed by atoms with Crippen molar-refractivity contribution in [1.82, 2.24) is 0 Å². The summed E-state index contributed by atoms with van der Waals surface area (Å²) in [5.74, 6) is 0. The van der Waals surface area contributed by atoms with Crippen LogP contribution >= 0.6 is 0 Å². The molecule has 1 spiro atoms. The van der Waals surface area contributed by atoms with Crippen LogP contribution in [0.15, 0.2) is 240 Å².